The molecular weight excluding hydrogens is 273 g/mol. The molecule has 0 aliphatic carbocycles. The number of para-hydroxylation sites is 1. The third-order valence-corrected chi connectivity index (χ3v) is 2.73. The molecule has 1 aromatic carbocycles. The van der Waals surface area contributed by atoms with Crippen molar-refractivity contribution >= 4 is 40.9 Å². The van der Waals surface area contributed by atoms with Crippen LogP contribution in [-0.4, -0.2) is 35.9 Å². The van der Waals surface area contributed by atoms with Crippen LogP contribution < -0.4 is 4.90 Å². The average Bonchev–Trinajstić information content (AvgIpc) is 2.36. The third-order valence-electron chi connectivity index (χ3n) is 2.39. The summed E-state index contributed by atoms with van der Waals surface area (Å²) >= 11 is 11.5. The minimum Gasteiger partial charge on any atom is -0.478 e. The second-order valence-corrected chi connectivity index (χ2v) is 4.35. The zero-order valence-corrected chi connectivity index (χ0v) is 11.4. The standard InChI is InChI=1S/C13H15Cl2NO2/c14-7-9-16(10-8-15)12-4-2-1-3-11(12)5-6-13(17)18/h1-6H,7-10H2,(H,17,18)/b6-5-. The van der Waals surface area contributed by atoms with E-state index in [4.69, 9.17) is 28.3 Å². The molecule has 5 heteroatoms. The maximum Gasteiger partial charge on any atom is 0.328 e. The first kappa shape index (κ1) is 14.9. The molecule has 18 heavy (non-hydrogen) atoms. The van der Waals surface area contributed by atoms with Crippen molar-refractivity contribution in [1.29, 1.82) is 0 Å². The van der Waals surface area contributed by atoms with Crippen molar-refractivity contribution in [2.24, 2.45) is 0 Å². The number of nitrogens with zero attached hydrogens (tertiary/aromatic N) is 1. The molecule has 0 fully saturated rings. The number of hydrogen-bond donors (Lipinski definition) is 1. The van der Waals surface area contributed by atoms with Gasteiger partial charge in [0.2, 0.25) is 0 Å². The first-order chi connectivity index (χ1) is 8.69. The second kappa shape index (κ2) is 8.01. The number of carboxylic acid groups (broad SMARTS) is 1. The van der Waals surface area contributed by atoms with Gasteiger partial charge in [0.15, 0.2) is 0 Å². The van der Waals surface area contributed by atoms with Gasteiger partial charge in [0, 0.05) is 36.6 Å². The van der Waals surface area contributed by atoms with Crippen molar-refractivity contribution in [1.82, 2.24) is 0 Å². The van der Waals surface area contributed by atoms with E-state index >= 15 is 0 Å². The molecule has 1 rings (SSSR count). The van der Waals surface area contributed by atoms with E-state index < -0.39 is 5.97 Å². The number of aliphatic carboxylic acids is 1. The Morgan fingerprint density at radius 2 is 1.83 bits per heavy atom. The molecule has 0 radical (unpaired) electrons. The molecule has 0 amide bonds. The highest BCUT2D eigenvalue weighted by Gasteiger charge is 2.08. The fourth-order valence-electron chi connectivity index (χ4n) is 1.63. The number of carbonyl (C=O) groups is 1. The summed E-state index contributed by atoms with van der Waals surface area (Å²) in [4.78, 5) is 12.6. The van der Waals surface area contributed by atoms with Crippen LogP contribution in [0.5, 0.6) is 0 Å². The summed E-state index contributed by atoms with van der Waals surface area (Å²) in [6, 6.07) is 7.57. The van der Waals surface area contributed by atoms with Crippen LogP contribution in [0.1, 0.15) is 5.56 Å². The summed E-state index contributed by atoms with van der Waals surface area (Å²) < 4.78 is 0. The van der Waals surface area contributed by atoms with Crippen LogP contribution in [0.15, 0.2) is 30.3 Å². The van der Waals surface area contributed by atoms with Crippen LogP contribution in [-0.2, 0) is 4.79 Å². The highest BCUT2D eigenvalue weighted by Crippen LogP contribution is 2.21. The van der Waals surface area contributed by atoms with Crippen molar-refractivity contribution in [3.05, 3.63) is 35.9 Å². The first-order valence-corrected chi connectivity index (χ1v) is 6.63. The summed E-state index contributed by atoms with van der Waals surface area (Å²) in [6.45, 7) is 1.35. The zero-order chi connectivity index (χ0) is 13.4. The van der Waals surface area contributed by atoms with Gasteiger partial charge in [0.25, 0.3) is 0 Å². The minimum absolute atomic E-state index is 0.494. The van der Waals surface area contributed by atoms with Gasteiger partial charge in [-0.1, -0.05) is 18.2 Å². The number of benzene rings is 1. The van der Waals surface area contributed by atoms with Gasteiger partial charge in [-0.25, -0.2) is 4.79 Å². The van der Waals surface area contributed by atoms with E-state index in [1.807, 2.05) is 29.2 Å². The fourth-order valence-corrected chi connectivity index (χ4v) is 2.04. The van der Waals surface area contributed by atoms with E-state index in [9.17, 15) is 4.79 Å². The molecule has 0 atom stereocenters. The molecule has 1 aromatic rings. The van der Waals surface area contributed by atoms with E-state index in [1.54, 1.807) is 6.08 Å². The normalized spacial score (nSPS) is 10.8. The molecule has 0 spiro atoms. The van der Waals surface area contributed by atoms with Crippen molar-refractivity contribution in [2.45, 2.75) is 0 Å². The number of anilines is 1. The Morgan fingerprint density at radius 1 is 1.22 bits per heavy atom. The molecular formula is C13H15Cl2NO2. The van der Waals surface area contributed by atoms with Crippen molar-refractivity contribution in [2.75, 3.05) is 29.7 Å². The van der Waals surface area contributed by atoms with Gasteiger partial charge in [-0.2, -0.15) is 0 Å². The monoisotopic (exact) mass is 287 g/mol. The average molecular weight is 288 g/mol. The van der Waals surface area contributed by atoms with Crippen LogP contribution in [0.25, 0.3) is 6.08 Å². The van der Waals surface area contributed by atoms with Crippen molar-refractivity contribution < 1.29 is 9.90 Å². The number of rotatable bonds is 7. The van der Waals surface area contributed by atoms with Crippen molar-refractivity contribution in [3.8, 4) is 0 Å². The molecule has 0 aliphatic rings. The van der Waals surface area contributed by atoms with Gasteiger partial charge in [0.1, 0.15) is 0 Å². The van der Waals surface area contributed by atoms with Gasteiger partial charge in [-0.3, -0.25) is 0 Å². The van der Waals surface area contributed by atoms with Crippen molar-refractivity contribution in [3.63, 3.8) is 0 Å². The summed E-state index contributed by atoms with van der Waals surface area (Å²) in [5.41, 5.74) is 1.78. The maximum atomic E-state index is 10.6. The predicted molar refractivity (Wildman–Crippen MR) is 76.8 cm³/mol. The fraction of sp³-hybridized carbons (Fsp3) is 0.308. The second-order valence-electron chi connectivity index (χ2n) is 3.60. The first-order valence-electron chi connectivity index (χ1n) is 5.56. The number of hydrogen-bond acceptors (Lipinski definition) is 2. The molecule has 0 saturated heterocycles. The van der Waals surface area contributed by atoms with Gasteiger partial charge in [-0.05, 0) is 17.7 Å². The van der Waals surface area contributed by atoms with Crippen LogP contribution in [0.2, 0.25) is 0 Å². The van der Waals surface area contributed by atoms with E-state index in [1.165, 1.54) is 0 Å². The highest BCUT2D eigenvalue weighted by atomic mass is 35.5. The summed E-state index contributed by atoms with van der Waals surface area (Å²) in [5.74, 6) is 0.0212. The van der Waals surface area contributed by atoms with Crippen LogP contribution >= 0.6 is 23.2 Å². The topological polar surface area (TPSA) is 40.5 Å². The van der Waals surface area contributed by atoms with E-state index in [-0.39, 0.29) is 0 Å². The van der Waals surface area contributed by atoms with Crippen LogP contribution in [0.3, 0.4) is 0 Å². The smallest absolute Gasteiger partial charge is 0.328 e. The number of halogens is 2. The summed E-state index contributed by atoms with van der Waals surface area (Å²) in [5, 5.41) is 8.67. The molecule has 98 valence electrons. The van der Waals surface area contributed by atoms with Gasteiger partial charge in [-0.15, -0.1) is 23.2 Å². The number of alkyl halides is 2. The minimum atomic E-state index is -0.967. The van der Waals surface area contributed by atoms with Crippen LogP contribution in [0, 0.1) is 0 Å². The zero-order valence-electron chi connectivity index (χ0n) is 9.85. The van der Waals surface area contributed by atoms with E-state index in [0.29, 0.717) is 24.8 Å². The van der Waals surface area contributed by atoms with Gasteiger partial charge >= 0.3 is 5.97 Å². The summed E-state index contributed by atoms with van der Waals surface area (Å²) in [7, 11) is 0. The number of carboxylic acids is 1. The van der Waals surface area contributed by atoms with Gasteiger partial charge in [0.05, 0.1) is 0 Å². The van der Waals surface area contributed by atoms with Gasteiger partial charge < -0.3 is 10.0 Å². The lowest BCUT2D eigenvalue weighted by atomic mass is 10.1. The Kier molecular flexibility index (Phi) is 6.61. The van der Waals surface area contributed by atoms with E-state index in [0.717, 1.165) is 17.3 Å². The molecule has 0 aromatic heterocycles. The quantitative estimate of drug-likeness (QED) is 0.619. The molecule has 0 aliphatic heterocycles. The lowest BCUT2D eigenvalue weighted by molar-refractivity contribution is -0.131. The lowest BCUT2D eigenvalue weighted by Gasteiger charge is -2.24. The van der Waals surface area contributed by atoms with E-state index in [2.05, 4.69) is 0 Å². The third kappa shape index (κ3) is 4.59. The van der Waals surface area contributed by atoms with Crippen LogP contribution in [0.4, 0.5) is 5.69 Å². The SMILES string of the molecule is O=C(O)/C=C\c1ccccc1N(CCCl)CCCl. The highest BCUT2D eigenvalue weighted by molar-refractivity contribution is 6.18. The lowest BCUT2D eigenvalue weighted by Crippen LogP contribution is -2.28. The predicted octanol–water partition coefficient (Wildman–Crippen LogP) is 3.07. The molecule has 0 heterocycles. The Bertz CT molecular complexity index is 415. The largest absolute Gasteiger partial charge is 0.478 e. The Morgan fingerprint density at radius 3 is 2.39 bits per heavy atom. The molecule has 3 nitrogen and oxygen atoms in total. The molecule has 0 bridgehead atoms. The summed E-state index contributed by atoms with van der Waals surface area (Å²) in [6.07, 6.45) is 2.70. The Balaban J connectivity index is 3.01. The Hall–Kier alpha value is -1.19. The molecule has 0 unspecified atom stereocenters. The molecule has 1 N–H and O–H groups in total. The maximum absolute atomic E-state index is 10.6. The Labute approximate surface area is 117 Å². The molecule has 0 saturated carbocycles.